The van der Waals surface area contributed by atoms with Crippen LogP contribution in [0.25, 0.3) is 0 Å². The van der Waals surface area contributed by atoms with Gasteiger partial charge in [0.05, 0.1) is 0 Å². The first kappa shape index (κ1) is 11.2. The lowest BCUT2D eigenvalue weighted by molar-refractivity contribution is 0.0116. The molecule has 0 rings (SSSR count). The summed E-state index contributed by atoms with van der Waals surface area (Å²) in [6, 6.07) is 0. The average Bonchev–Trinajstić information content (AvgIpc) is 1.83. The second kappa shape index (κ2) is 4.95. The van der Waals surface area contributed by atoms with E-state index in [2.05, 4.69) is 4.99 Å². The van der Waals surface area contributed by atoms with Crippen LogP contribution in [0.1, 0.15) is 33.1 Å². The van der Waals surface area contributed by atoms with Crippen molar-refractivity contribution in [3.63, 3.8) is 0 Å². The zero-order valence-corrected chi connectivity index (χ0v) is 7.40. The van der Waals surface area contributed by atoms with E-state index in [0.717, 1.165) is 6.92 Å². The third kappa shape index (κ3) is 9.20. The fourth-order valence-electron chi connectivity index (χ4n) is 0.705. The fraction of sp³-hybridized carbons (Fsp3) is 0.750. The smallest absolute Gasteiger partial charge is 0.245 e. The van der Waals surface area contributed by atoms with Crippen LogP contribution >= 0.6 is 0 Å². The summed E-state index contributed by atoms with van der Waals surface area (Å²) in [4.78, 5) is 3.66. The molecule has 0 amide bonds. The van der Waals surface area contributed by atoms with Gasteiger partial charge < -0.3 is 0 Å². The molecule has 0 aromatic carbocycles. The number of amidine groups is 1. The summed E-state index contributed by atoms with van der Waals surface area (Å²) in [6.07, 6.45) is 2.32. The van der Waals surface area contributed by atoms with Gasteiger partial charge in [0.25, 0.3) is 0 Å². The van der Waals surface area contributed by atoms with Crippen LogP contribution < -0.4 is 0 Å². The number of unbranched alkanes of at least 4 members (excludes halogenated alkanes) is 1. The standard InChI is InChI=1S/C8H14F2N2/c1-7(11)12-6-4-3-5-8(2,9)10/h6,11H,3-5H2,1-2H3/b11-7?,12-6+. The van der Waals surface area contributed by atoms with Gasteiger partial charge in [0.15, 0.2) is 0 Å². The summed E-state index contributed by atoms with van der Waals surface area (Å²) in [5, 5.41) is 6.91. The first-order valence-electron chi connectivity index (χ1n) is 3.87. The highest BCUT2D eigenvalue weighted by atomic mass is 19.3. The molecule has 0 saturated carbocycles. The highest BCUT2D eigenvalue weighted by Crippen LogP contribution is 2.18. The Hall–Kier alpha value is -0.800. The molecule has 0 bridgehead atoms. The number of hydrogen-bond donors (Lipinski definition) is 1. The number of nitrogens with one attached hydrogen (secondary N) is 1. The van der Waals surface area contributed by atoms with E-state index in [1.54, 1.807) is 6.92 Å². The molecule has 0 aromatic heterocycles. The number of halogens is 2. The predicted molar refractivity (Wildman–Crippen MR) is 46.4 cm³/mol. The van der Waals surface area contributed by atoms with Crippen molar-refractivity contribution in [3.8, 4) is 0 Å². The Bertz CT molecular complexity index is 170. The van der Waals surface area contributed by atoms with E-state index < -0.39 is 5.92 Å². The van der Waals surface area contributed by atoms with Crippen LogP contribution in [0.5, 0.6) is 0 Å². The average molecular weight is 176 g/mol. The molecule has 0 saturated heterocycles. The molecule has 1 N–H and O–H groups in total. The van der Waals surface area contributed by atoms with E-state index in [1.165, 1.54) is 6.21 Å². The number of rotatable bonds is 4. The zero-order chi connectivity index (χ0) is 9.61. The highest BCUT2D eigenvalue weighted by Gasteiger charge is 2.19. The van der Waals surface area contributed by atoms with Gasteiger partial charge in [0.1, 0.15) is 5.84 Å². The van der Waals surface area contributed by atoms with E-state index in [1.807, 2.05) is 0 Å². The molecule has 12 heavy (non-hydrogen) atoms. The molecular formula is C8H14F2N2. The van der Waals surface area contributed by atoms with Crippen LogP contribution in [-0.4, -0.2) is 18.0 Å². The van der Waals surface area contributed by atoms with Gasteiger partial charge in [-0.1, -0.05) is 0 Å². The molecule has 0 aliphatic heterocycles. The number of hydrogen-bond acceptors (Lipinski definition) is 1. The Morgan fingerprint density at radius 2 is 2.17 bits per heavy atom. The lowest BCUT2D eigenvalue weighted by Gasteiger charge is -2.07. The maximum Gasteiger partial charge on any atom is 0.245 e. The highest BCUT2D eigenvalue weighted by molar-refractivity contribution is 5.84. The first-order chi connectivity index (χ1) is 5.42. The Labute approximate surface area is 71.2 Å². The minimum Gasteiger partial charge on any atom is -0.287 e. The third-order valence-electron chi connectivity index (χ3n) is 1.23. The van der Waals surface area contributed by atoms with Gasteiger partial charge in [-0.2, -0.15) is 0 Å². The minimum absolute atomic E-state index is 0.115. The maximum atomic E-state index is 12.2. The van der Waals surface area contributed by atoms with Crippen LogP contribution in [0.15, 0.2) is 4.99 Å². The predicted octanol–water partition coefficient (Wildman–Crippen LogP) is 2.88. The SMILES string of the molecule is CC(=N)/N=C/CCCC(C)(F)F. The second-order valence-electron chi connectivity index (χ2n) is 2.86. The zero-order valence-electron chi connectivity index (χ0n) is 7.40. The lowest BCUT2D eigenvalue weighted by Crippen LogP contribution is -2.08. The Balaban J connectivity index is 3.40. The number of alkyl halides is 2. The normalized spacial score (nSPS) is 12.3. The van der Waals surface area contributed by atoms with E-state index in [9.17, 15) is 8.78 Å². The second-order valence-corrected chi connectivity index (χ2v) is 2.86. The van der Waals surface area contributed by atoms with E-state index in [0.29, 0.717) is 12.8 Å². The van der Waals surface area contributed by atoms with Crippen molar-refractivity contribution in [3.05, 3.63) is 0 Å². The maximum absolute atomic E-state index is 12.2. The summed E-state index contributed by atoms with van der Waals surface area (Å²) >= 11 is 0. The Morgan fingerprint density at radius 3 is 2.58 bits per heavy atom. The quantitative estimate of drug-likeness (QED) is 0.388. The summed E-state index contributed by atoms with van der Waals surface area (Å²) in [6.45, 7) is 2.46. The van der Waals surface area contributed by atoms with Gasteiger partial charge in [-0.05, 0) is 26.7 Å². The lowest BCUT2D eigenvalue weighted by atomic mass is 10.2. The summed E-state index contributed by atoms with van der Waals surface area (Å²) in [5.74, 6) is -2.37. The van der Waals surface area contributed by atoms with Crippen molar-refractivity contribution in [2.45, 2.75) is 39.0 Å². The van der Waals surface area contributed by atoms with Crippen LogP contribution in [0.4, 0.5) is 8.78 Å². The van der Waals surface area contributed by atoms with Crippen molar-refractivity contribution < 1.29 is 8.78 Å². The Kier molecular flexibility index (Phi) is 4.62. The van der Waals surface area contributed by atoms with E-state index >= 15 is 0 Å². The van der Waals surface area contributed by atoms with Gasteiger partial charge in [-0.15, -0.1) is 0 Å². The molecule has 0 fully saturated rings. The Morgan fingerprint density at radius 1 is 1.58 bits per heavy atom. The van der Waals surface area contributed by atoms with E-state index in [-0.39, 0.29) is 12.3 Å². The van der Waals surface area contributed by atoms with Gasteiger partial charge in [-0.25, -0.2) is 13.8 Å². The number of aliphatic imine (C=N–C) groups is 1. The topological polar surface area (TPSA) is 36.2 Å². The summed E-state index contributed by atoms with van der Waals surface area (Å²) in [7, 11) is 0. The van der Waals surface area contributed by atoms with Crippen LogP contribution in [0, 0.1) is 5.41 Å². The van der Waals surface area contributed by atoms with Crippen LogP contribution in [0.3, 0.4) is 0 Å². The first-order valence-corrected chi connectivity index (χ1v) is 3.87. The molecule has 0 aliphatic rings. The molecule has 0 unspecified atom stereocenters. The summed E-state index contributed by atoms with van der Waals surface area (Å²) in [5.41, 5.74) is 0. The number of nitrogens with zero attached hydrogens (tertiary/aromatic N) is 1. The minimum atomic E-state index is -2.58. The molecule has 4 heteroatoms. The van der Waals surface area contributed by atoms with Gasteiger partial charge in [0.2, 0.25) is 5.92 Å². The third-order valence-corrected chi connectivity index (χ3v) is 1.23. The van der Waals surface area contributed by atoms with E-state index in [4.69, 9.17) is 5.41 Å². The van der Waals surface area contributed by atoms with Crippen LogP contribution in [0.2, 0.25) is 0 Å². The molecule has 2 nitrogen and oxygen atoms in total. The monoisotopic (exact) mass is 176 g/mol. The molecule has 70 valence electrons. The molecule has 0 spiro atoms. The van der Waals surface area contributed by atoms with Crippen molar-refractivity contribution in [2.24, 2.45) is 4.99 Å². The van der Waals surface area contributed by atoms with Gasteiger partial charge >= 0.3 is 0 Å². The largest absolute Gasteiger partial charge is 0.287 e. The molecule has 0 aliphatic carbocycles. The van der Waals surface area contributed by atoms with Crippen molar-refractivity contribution in [1.29, 1.82) is 5.41 Å². The van der Waals surface area contributed by atoms with Gasteiger partial charge in [0, 0.05) is 12.6 Å². The molecule has 0 atom stereocenters. The molecular weight excluding hydrogens is 162 g/mol. The summed E-state index contributed by atoms with van der Waals surface area (Å²) < 4.78 is 24.4. The van der Waals surface area contributed by atoms with Crippen LogP contribution in [-0.2, 0) is 0 Å². The van der Waals surface area contributed by atoms with Crippen molar-refractivity contribution in [1.82, 2.24) is 0 Å². The fourth-order valence-corrected chi connectivity index (χ4v) is 0.705. The molecule has 0 aromatic rings. The van der Waals surface area contributed by atoms with Crippen molar-refractivity contribution in [2.75, 3.05) is 0 Å². The van der Waals surface area contributed by atoms with Gasteiger partial charge in [-0.3, -0.25) is 5.41 Å². The molecule has 0 heterocycles. The van der Waals surface area contributed by atoms with Crippen molar-refractivity contribution >= 4 is 12.1 Å². The molecule has 0 radical (unpaired) electrons.